The highest BCUT2D eigenvalue weighted by Crippen LogP contribution is 2.15. The van der Waals surface area contributed by atoms with Crippen molar-refractivity contribution in [3.05, 3.63) is 71.8 Å². The molecule has 0 fully saturated rings. The summed E-state index contributed by atoms with van der Waals surface area (Å²) in [5.74, 6) is -2.98. The van der Waals surface area contributed by atoms with E-state index in [4.69, 9.17) is 10.5 Å². The number of primary amides is 1. The minimum atomic E-state index is -1.31. The summed E-state index contributed by atoms with van der Waals surface area (Å²) in [6.45, 7) is 3.46. The van der Waals surface area contributed by atoms with Crippen LogP contribution in [0.3, 0.4) is 0 Å². The van der Waals surface area contributed by atoms with Crippen LogP contribution in [0.2, 0.25) is 0 Å². The van der Waals surface area contributed by atoms with E-state index in [9.17, 15) is 29.1 Å². The number of aliphatic hydroxyl groups excluding tert-OH is 1. The largest absolute Gasteiger partial charge is 0.469 e. The third kappa shape index (κ3) is 11.8. The molecular weight excluding hydrogens is 556 g/mol. The lowest BCUT2D eigenvalue weighted by Crippen LogP contribution is -2.58. The fraction of sp³-hybridized carbons (Fsp3) is 0.452. The number of methoxy groups -OCH3 is 1. The van der Waals surface area contributed by atoms with Crippen molar-refractivity contribution in [2.45, 2.75) is 70.4 Å². The number of hydrogen-bond donors (Lipinski definition) is 4. The van der Waals surface area contributed by atoms with Gasteiger partial charge in [-0.1, -0.05) is 74.5 Å². The molecule has 4 amide bonds. The maximum atomic E-state index is 13.6. The van der Waals surface area contributed by atoms with Gasteiger partial charge in [-0.3, -0.25) is 19.2 Å². The lowest BCUT2D eigenvalue weighted by Gasteiger charge is -2.33. The van der Waals surface area contributed by atoms with Crippen LogP contribution in [0.1, 0.15) is 44.2 Å². The summed E-state index contributed by atoms with van der Waals surface area (Å²) in [4.78, 5) is 64.5. The second-order valence-corrected chi connectivity index (χ2v) is 10.6. The molecule has 234 valence electrons. The maximum Gasteiger partial charge on any atom is 0.408 e. The van der Waals surface area contributed by atoms with Crippen molar-refractivity contribution in [2.24, 2.45) is 11.7 Å². The highest BCUT2D eigenvalue weighted by Gasteiger charge is 2.36. The fourth-order valence-electron chi connectivity index (χ4n) is 4.38. The number of nitrogens with zero attached hydrogens (tertiary/aromatic N) is 1. The van der Waals surface area contributed by atoms with Crippen molar-refractivity contribution in [3.63, 3.8) is 0 Å². The number of carbonyl (C=O) groups is 5. The van der Waals surface area contributed by atoms with Gasteiger partial charge in [0.1, 0.15) is 18.7 Å². The zero-order chi connectivity index (χ0) is 31.9. The first-order valence-electron chi connectivity index (χ1n) is 14.0. The number of rotatable bonds is 16. The SMILES string of the molecule is COC(=O)C[C@H](O)[C@H](Cc1ccccc1)NC(=O)[C@H](CCC(N)=O)N(C)C(=O)[C@@H](NC(=O)OCc1ccccc1)C(C)C. The van der Waals surface area contributed by atoms with Crippen LogP contribution in [-0.2, 0) is 41.7 Å². The molecule has 0 spiro atoms. The molecule has 12 nitrogen and oxygen atoms in total. The highest BCUT2D eigenvalue weighted by molar-refractivity contribution is 5.92. The normalized spacial score (nSPS) is 13.6. The van der Waals surface area contributed by atoms with Gasteiger partial charge in [0.2, 0.25) is 17.7 Å². The first-order chi connectivity index (χ1) is 20.4. The minimum absolute atomic E-state index is 0.00185. The summed E-state index contributed by atoms with van der Waals surface area (Å²) in [5.41, 5.74) is 6.91. The van der Waals surface area contributed by atoms with Gasteiger partial charge in [-0.25, -0.2) is 4.79 Å². The molecule has 2 aromatic rings. The first kappa shape index (κ1) is 34.7. The molecule has 0 aliphatic rings. The molecule has 0 heterocycles. The first-order valence-corrected chi connectivity index (χ1v) is 14.0. The lowest BCUT2D eigenvalue weighted by molar-refractivity contribution is -0.144. The van der Waals surface area contributed by atoms with Gasteiger partial charge in [0.25, 0.3) is 0 Å². The third-order valence-corrected chi connectivity index (χ3v) is 6.89. The molecule has 4 atom stereocenters. The summed E-state index contributed by atoms with van der Waals surface area (Å²) >= 11 is 0. The molecule has 12 heteroatoms. The maximum absolute atomic E-state index is 13.6. The number of likely N-dealkylation sites (N-methyl/N-ethyl adjacent to an activating group) is 1. The Morgan fingerprint density at radius 1 is 0.930 bits per heavy atom. The Hall–Kier alpha value is -4.45. The van der Waals surface area contributed by atoms with Gasteiger partial charge in [0.05, 0.1) is 25.7 Å². The van der Waals surface area contributed by atoms with E-state index in [1.807, 2.05) is 24.3 Å². The number of nitrogens with one attached hydrogen (secondary N) is 2. The monoisotopic (exact) mass is 598 g/mol. The minimum Gasteiger partial charge on any atom is -0.469 e. The number of amides is 4. The van der Waals surface area contributed by atoms with Gasteiger partial charge in [-0.05, 0) is 29.9 Å². The molecule has 0 bridgehead atoms. The topological polar surface area (TPSA) is 177 Å². The average molecular weight is 599 g/mol. The van der Waals surface area contributed by atoms with Gasteiger partial charge in [-0.2, -0.15) is 0 Å². The molecule has 5 N–H and O–H groups in total. The summed E-state index contributed by atoms with van der Waals surface area (Å²) in [6, 6.07) is 14.9. The zero-order valence-corrected chi connectivity index (χ0v) is 25.0. The molecule has 2 rings (SSSR count). The van der Waals surface area contributed by atoms with E-state index in [1.165, 1.54) is 14.2 Å². The second kappa shape index (κ2) is 17.5. The van der Waals surface area contributed by atoms with Crippen molar-refractivity contribution >= 4 is 29.8 Å². The Morgan fingerprint density at radius 2 is 1.51 bits per heavy atom. The van der Waals surface area contributed by atoms with Gasteiger partial charge < -0.3 is 35.8 Å². The number of ether oxygens (including phenoxy) is 2. The highest BCUT2D eigenvalue weighted by atomic mass is 16.5. The number of aliphatic hydroxyl groups is 1. The van der Waals surface area contributed by atoms with Crippen LogP contribution in [-0.4, -0.2) is 78.2 Å². The van der Waals surface area contributed by atoms with Crippen LogP contribution in [0, 0.1) is 5.92 Å². The Morgan fingerprint density at radius 3 is 2.05 bits per heavy atom. The van der Waals surface area contributed by atoms with Crippen LogP contribution < -0.4 is 16.4 Å². The Balaban J connectivity index is 2.23. The molecule has 0 saturated carbocycles. The fourth-order valence-corrected chi connectivity index (χ4v) is 4.38. The van der Waals surface area contributed by atoms with E-state index < -0.39 is 54.0 Å². The average Bonchev–Trinajstić information content (AvgIpc) is 2.98. The number of esters is 1. The van der Waals surface area contributed by atoms with Crippen molar-refractivity contribution in [1.82, 2.24) is 15.5 Å². The standard InChI is InChI=1S/C31H42N4O8/c1-20(2)28(34-31(41)43-19-22-13-9-6-10-14-22)30(40)35(3)24(15-16-26(32)37)29(39)33-23(25(36)18-27(38)42-4)17-21-11-7-5-8-12-21/h5-14,20,23-25,28,36H,15-19H2,1-4H3,(H2,32,37)(H,33,39)(H,34,41)/t23-,24-,25-,28-/m0/s1. The molecule has 43 heavy (non-hydrogen) atoms. The van der Waals surface area contributed by atoms with Crippen molar-refractivity contribution < 1.29 is 38.6 Å². The number of hydrogen-bond acceptors (Lipinski definition) is 8. The van der Waals surface area contributed by atoms with Gasteiger partial charge in [0.15, 0.2) is 0 Å². The van der Waals surface area contributed by atoms with Gasteiger partial charge in [-0.15, -0.1) is 0 Å². The second-order valence-electron chi connectivity index (χ2n) is 10.6. The summed E-state index contributed by atoms with van der Waals surface area (Å²) in [6.07, 6.45) is -2.64. The number of carbonyl (C=O) groups excluding carboxylic acids is 5. The van der Waals surface area contributed by atoms with E-state index in [0.717, 1.165) is 16.0 Å². The molecule has 0 aliphatic carbocycles. The third-order valence-electron chi connectivity index (χ3n) is 6.89. The molecular formula is C31H42N4O8. The van der Waals surface area contributed by atoms with E-state index in [2.05, 4.69) is 15.4 Å². The molecule has 0 aliphatic heterocycles. The van der Waals surface area contributed by atoms with Gasteiger partial charge in [0, 0.05) is 13.5 Å². The lowest BCUT2D eigenvalue weighted by atomic mass is 9.97. The summed E-state index contributed by atoms with van der Waals surface area (Å²) in [5, 5.41) is 16.2. The van der Waals surface area contributed by atoms with Crippen molar-refractivity contribution in [2.75, 3.05) is 14.2 Å². The smallest absolute Gasteiger partial charge is 0.408 e. The van der Waals surface area contributed by atoms with Crippen LogP contribution in [0.25, 0.3) is 0 Å². The number of nitrogens with two attached hydrogens (primary N) is 1. The van der Waals surface area contributed by atoms with Gasteiger partial charge >= 0.3 is 12.1 Å². The summed E-state index contributed by atoms with van der Waals surface area (Å²) in [7, 11) is 2.58. The van der Waals surface area contributed by atoms with E-state index >= 15 is 0 Å². The molecule has 2 aromatic carbocycles. The van der Waals surface area contributed by atoms with E-state index in [-0.39, 0.29) is 38.2 Å². The number of benzene rings is 2. The predicted molar refractivity (Wildman–Crippen MR) is 158 cm³/mol. The summed E-state index contributed by atoms with van der Waals surface area (Å²) < 4.78 is 9.95. The Bertz CT molecular complexity index is 1210. The van der Waals surface area contributed by atoms with Crippen LogP contribution in [0.5, 0.6) is 0 Å². The van der Waals surface area contributed by atoms with Crippen LogP contribution in [0.15, 0.2) is 60.7 Å². The van der Waals surface area contributed by atoms with Crippen molar-refractivity contribution in [1.29, 1.82) is 0 Å². The van der Waals surface area contributed by atoms with E-state index in [0.29, 0.717) is 0 Å². The zero-order valence-electron chi connectivity index (χ0n) is 25.0. The Labute approximate surface area is 251 Å². The van der Waals surface area contributed by atoms with Crippen LogP contribution >= 0.6 is 0 Å². The molecule has 0 saturated heterocycles. The molecule has 0 aromatic heterocycles. The quantitative estimate of drug-likeness (QED) is 0.211. The molecule has 0 unspecified atom stereocenters. The predicted octanol–water partition coefficient (Wildman–Crippen LogP) is 1.68. The van der Waals surface area contributed by atoms with E-state index in [1.54, 1.807) is 50.2 Å². The van der Waals surface area contributed by atoms with Crippen molar-refractivity contribution in [3.8, 4) is 0 Å². The van der Waals surface area contributed by atoms with Crippen LogP contribution in [0.4, 0.5) is 4.79 Å². The Kier molecular flexibility index (Phi) is 14.1. The number of alkyl carbamates (subject to hydrolysis) is 1. The molecule has 0 radical (unpaired) electrons.